The van der Waals surface area contributed by atoms with Crippen LogP contribution in [0.4, 0.5) is 0 Å². The standard InChI is InChI=1S/C10H21N3O3/c11-1-2-13-3-4-15-5-9(13)12-6-10(14)7-16-8-10/h9,12,14H,1-8,11H2. The first-order chi connectivity index (χ1) is 7.73. The summed E-state index contributed by atoms with van der Waals surface area (Å²) >= 11 is 0. The number of nitrogens with two attached hydrogens (primary N) is 1. The fourth-order valence-corrected chi connectivity index (χ4v) is 2.01. The zero-order valence-electron chi connectivity index (χ0n) is 9.52. The van der Waals surface area contributed by atoms with Crippen molar-refractivity contribution in [1.29, 1.82) is 0 Å². The van der Waals surface area contributed by atoms with Crippen molar-refractivity contribution in [2.45, 2.75) is 11.8 Å². The Hall–Kier alpha value is -0.240. The van der Waals surface area contributed by atoms with Crippen LogP contribution < -0.4 is 11.1 Å². The minimum Gasteiger partial charge on any atom is -0.384 e. The molecule has 4 N–H and O–H groups in total. The molecule has 6 nitrogen and oxygen atoms in total. The molecule has 2 heterocycles. The second-order valence-corrected chi connectivity index (χ2v) is 4.51. The summed E-state index contributed by atoms with van der Waals surface area (Å²) in [5.41, 5.74) is 4.87. The summed E-state index contributed by atoms with van der Waals surface area (Å²) in [5, 5.41) is 13.2. The van der Waals surface area contributed by atoms with Crippen LogP contribution in [0.15, 0.2) is 0 Å². The highest BCUT2D eigenvalue weighted by Gasteiger charge is 2.37. The molecule has 0 aromatic rings. The van der Waals surface area contributed by atoms with Gasteiger partial charge in [0, 0.05) is 26.2 Å². The second kappa shape index (κ2) is 5.39. The van der Waals surface area contributed by atoms with E-state index in [1.54, 1.807) is 0 Å². The Balaban J connectivity index is 1.76. The molecule has 6 heteroatoms. The largest absolute Gasteiger partial charge is 0.384 e. The Morgan fingerprint density at radius 1 is 1.44 bits per heavy atom. The van der Waals surface area contributed by atoms with Gasteiger partial charge in [-0.25, -0.2) is 0 Å². The second-order valence-electron chi connectivity index (χ2n) is 4.51. The average molecular weight is 231 g/mol. The van der Waals surface area contributed by atoms with E-state index in [0.717, 1.165) is 19.7 Å². The van der Waals surface area contributed by atoms with Gasteiger partial charge in [-0.2, -0.15) is 0 Å². The molecule has 0 amide bonds. The van der Waals surface area contributed by atoms with E-state index in [1.807, 2.05) is 0 Å². The van der Waals surface area contributed by atoms with Crippen LogP contribution in [0.2, 0.25) is 0 Å². The molecular formula is C10H21N3O3. The highest BCUT2D eigenvalue weighted by Crippen LogP contribution is 2.15. The maximum Gasteiger partial charge on any atom is 0.123 e. The van der Waals surface area contributed by atoms with Gasteiger partial charge in [0.2, 0.25) is 0 Å². The molecule has 1 unspecified atom stereocenters. The summed E-state index contributed by atoms with van der Waals surface area (Å²) < 4.78 is 10.4. The summed E-state index contributed by atoms with van der Waals surface area (Å²) in [4.78, 5) is 2.26. The van der Waals surface area contributed by atoms with Crippen molar-refractivity contribution in [2.75, 3.05) is 52.6 Å². The van der Waals surface area contributed by atoms with Gasteiger partial charge in [-0.15, -0.1) is 0 Å². The SMILES string of the molecule is NCCN1CCOCC1NCC1(O)COC1. The van der Waals surface area contributed by atoms with Crippen molar-refractivity contribution < 1.29 is 14.6 Å². The van der Waals surface area contributed by atoms with E-state index in [9.17, 15) is 5.11 Å². The van der Waals surface area contributed by atoms with Crippen LogP contribution in [0.5, 0.6) is 0 Å². The Morgan fingerprint density at radius 2 is 2.25 bits per heavy atom. The summed E-state index contributed by atoms with van der Waals surface area (Å²) in [6, 6.07) is 0. The lowest BCUT2D eigenvalue weighted by atomic mass is 10.0. The lowest BCUT2D eigenvalue weighted by Crippen LogP contribution is -2.62. The van der Waals surface area contributed by atoms with Gasteiger partial charge in [-0.3, -0.25) is 10.2 Å². The van der Waals surface area contributed by atoms with Crippen molar-refractivity contribution in [2.24, 2.45) is 5.73 Å². The van der Waals surface area contributed by atoms with E-state index in [4.69, 9.17) is 15.2 Å². The zero-order valence-corrected chi connectivity index (χ0v) is 9.52. The van der Waals surface area contributed by atoms with E-state index < -0.39 is 5.60 Å². The molecule has 2 aliphatic heterocycles. The summed E-state index contributed by atoms with van der Waals surface area (Å²) in [5.74, 6) is 0. The predicted molar refractivity (Wildman–Crippen MR) is 59.0 cm³/mol. The number of aliphatic hydroxyl groups is 1. The van der Waals surface area contributed by atoms with Crippen LogP contribution in [0.3, 0.4) is 0 Å². The maximum atomic E-state index is 9.89. The molecule has 2 saturated heterocycles. The topological polar surface area (TPSA) is 80.0 Å². The van der Waals surface area contributed by atoms with Crippen LogP contribution in [-0.4, -0.2) is 74.4 Å². The Kier molecular flexibility index (Phi) is 4.12. The smallest absolute Gasteiger partial charge is 0.123 e. The van der Waals surface area contributed by atoms with Crippen molar-refractivity contribution in [1.82, 2.24) is 10.2 Å². The van der Waals surface area contributed by atoms with Crippen molar-refractivity contribution in [3.63, 3.8) is 0 Å². The molecular weight excluding hydrogens is 210 g/mol. The molecule has 0 radical (unpaired) electrons. The molecule has 0 aromatic carbocycles. The molecule has 0 aliphatic carbocycles. The van der Waals surface area contributed by atoms with Crippen molar-refractivity contribution in [3.8, 4) is 0 Å². The van der Waals surface area contributed by atoms with E-state index in [0.29, 0.717) is 32.9 Å². The molecule has 94 valence electrons. The number of morpholine rings is 1. The molecule has 0 saturated carbocycles. The molecule has 2 aliphatic rings. The van der Waals surface area contributed by atoms with Crippen molar-refractivity contribution >= 4 is 0 Å². The third kappa shape index (κ3) is 2.91. The monoisotopic (exact) mass is 231 g/mol. The van der Waals surface area contributed by atoms with Crippen LogP contribution in [0, 0.1) is 0 Å². The van der Waals surface area contributed by atoms with Gasteiger partial charge in [-0.1, -0.05) is 0 Å². The normalized spacial score (nSPS) is 30.0. The van der Waals surface area contributed by atoms with E-state index in [2.05, 4.69) is 10.2 Å². The van der Waals surface area contributed by atoms with Gasteiger partial charge in [0.15, 0.2) is 0 Å². The maximum absolute atomic E-state index is 9.89. The zero-order chi connectivity index (χ0) is 11.4. The lowest BCUT2D eigenvalue weighted by Gasteiger charge is -2.41. The van der Waals surface area contributed by atoms with Gasteiger partial charge in [0.25, 0.3) is 0 Å². The summed E-state index contributed by atoms with van der Waals surface area (Å²) in [7, 11) is 0. The van der Waals surface area contributed by atoms with Crippen molar-refractivity contribution in [3.05, 3.63) is 0 Å². The number of hydrogen-bond donors (Lipinski definition) is 3. The van der Waals surface area contributed by atoms with E-state index in [-0.39, 0.29) is 6.17 Å². The molecule has 2 rings (SSSR count). The number of rotatable bonds is 5. The molecule has 16 heavy (non-hydrogen) atoms. The van der Waals surface area contributed by atoms with Gasteiger partial charge in [-0.05, 0) is 0 Å². The van der Waals surface area contributed by atoms with Gasteiger partial charge in [0.1, 0.15) is 5.60 Å². The average Bonchev–Trinajstić information content (AvgIpc) is 2.26. The van der Waals surface area contributed by atoms with Gasteiger partial charge < -0.3 is 20.3 Å². The van der Waals surface area contributed by atoms with Crippen LogP contribution in [0.25, 0.3) is 0 Å². The Labute approximate surface area is 95.7 Å². The highest BCUT2D eigenvalue weighted by molar-refractivity contribution is 4.89. The first kappa shape index (κ1) is 12.2. The number of nitrogens with one attached hydrogen (secondary N) is 1. The molecule has 1 atom stereocenters. The fourth-order valence-electron chi connectivity index (χ4n) is 2.01. The minimum atomic E-state index is -0.689. The fraction of sp³-hybridized carbons (Fsp3) is 1.00. The highest BCUT2D eigenvalue weighted by atomic mass is 16.5. The third-order valence-electron chi connectivity index (χ3n) is 3.06. The third-order valence-corrected chi connectivity index (χ3v) is 3.06. The van der Waals surface area contributed by atoms with Gasteiger partial charge in [0.05, 0.1) is 32.6 Å². The molecule has 0 bridgehead atoms. The number of ether oxygens (including phenoxy) is 2. The minimum absolute atomic E-state index is 0.155. The first-order valence-electron chi connectivity index (χ1n) is 5.79. The lowest BCUT2D eigenvalue weighted by molar-refractivity contribution is -0.178. The Morgan fingerprint density at radius 3 is 2.88 bits per heavy atom. The summed E-state index contributed by atoms with van der Waals surface area (Å²) in [6.07, 6.45) is 0.155. The van der Waals surface area contributed by atoms with Gasteiger partial charge >= 0.3 is 0 Å². The van der Waals surface area contributed by atoms with E-state index >= 15 is 0 Å². The number of nitrogens with zero attached hydrogens (tertiary/aromatic N) is 1. The number of hydrogen-bond acceptors (Lipinski definition) is 6. The van der Waals surface area contributed by atoms with Crippen LogP contribution in [0.1, 0.15) is 0 Å². The molecule has 0 aromatic heterocycles. The van der Waals surface area contributed by atoms with E-state index in [1.165, 1.54) is 0 Å². The van der Waals surface area contributed by atoms with Crippen LogP contribution in [-0.2, 0) is 9.47 Å². The molecule has 2 fully saturated rings. The van der Waals surface area contributed by atoms with Crippen LogP contribution >= 0.6 is 0 Å². The summed E-state index contributed by atoms with van der Waals surface area (Å²) in [6.45, 7) is 5.19. The predicted octanol–water partition coefficient (Wildman–Crippen LogP) is -2.05. The Bertz CT molecular complexity index is 221. The molecule has 0 spiro atoms. The quantitative estimate of drug-likeness (QED) is 0.505. The first-order valence-corrected chi connectivity index (χ1v) is 5.79.